The van der Waals surface area contributed by atoms with E-state index in [1.54, 1.807) is 20.8 Å². The van der Waals surface area contributed by atoms with E-state index in [1.807, 2.05) is 34.6 Å². The Morgan fingerprint density at radius 1 is 0.870 bits per heavy atom. The summed E-state index contributed by atoms with van der Waals surface area (Å²) in [6.07, 6.45) is 8.27. The second kappa shape index (κ2) is 17.1. The number of rotatable bonds is 6. The summed E-state index contributed by atoms with van der Waals surface area (Å²) < 4.78 is 5.57. The molecule has 5 N–H and O–H groups in total. The number of fused-ring (bicyclic) bond motifs is 1. The molecule has 0 bridgehead atoms. The Hall–Kier alpha value is -3.18. The maximum absolute atomic E-state index is 14.2. The molecule has 0 spiro atoms. The number of primary amides is 1. The minimum absolute atomic E-state index is 0.0454. The molecule has 262 valence electrons. The lowest BCUT2D eigenvalue weighted by atomic mass is 9.86. The summed E-state index contributed by atoms with van der Waals surface area (Å²) in [5, 5.41) is 8.33. The number of urea groups is 1. The fourth-order valence-electron chi connectivity index (χ4n) is 6.33. The third-order valence-corrected chi connectivity index (χ3v) is 8.85. The van der Waals surface area contributed by atoms with Crippen molar-refractivity contribution in [3.8, 4) is 0 Å². The van der Waals surface area contributed by atoms with Gasteiger partial charge in [0, 0.05) is 6.54 Å². The van der Waals surface area contributed by atoms with E-state index >= 15 is 0 Å². The molecule has 2 unspecified atom stereocenters. The molecule has 0 aliphatic carbocycles. The van der Waals surface area contributed by atoms with E-state index in [4.69, 9.17) is 10.5 Å². The van der Waals surface area contributed by atoms with Crippen molar-refractivity contribution in [3.63, 3.8) is 0 Å². The van der Waals surface area contributed by atoms with E-state index in [0.717, 1.165) is 38.5 Å². The monoisotopic (exact) mass is 649 g/mol. The smallest absolute Gasteiger partial charge is 0.329 e. The van der Waals surface area contributed by atoms with Crippen molar-refractivity contribution in [1.82, 2.24) is 20.9 Å². The van der Waals surface area contributed by atoms with Crippen LogP contribution < -0.4 is 21.7 Å². The first kappa shape index (κ1) is 39.0. The molecule has 12 heteroatoms. The Balaban J connectivity index is 2.39. The topological polar surface area (TPSA) is 177 Å². The number of nitrogens with one attached hydrogen (secondary N) is 3. The first-order valence-electron chi connectivity index (χ1n) is 17.1. The minimum Gasteiger partial charge on any atom is -0.458 e. The summed E-state index contributed by atoms with van der Waals surface area (Å²) in [4.78, 5) is 80.6. The van der Waals surface area contributed by atoms with Crippen molar-refractivity contribution in [2.45, 2.75) is 156 Å². The van der Waals surface area contributed by atoms with Gasteiger partial charge in [-0.05, 0) is 57.3 Å². The number of hydrogen-bond donors (Lipinski definition) is 4. The SMILES string of the molecule is CC(C)[C@H]1CCN2C(=O)[C@@H](NC(=O)NC(C(=O)OC(C)(C)C)C(C)(C)C)CCCCCCCCCC[C@@H](C(=O)C(N)=O)NC(=O)C12. The molecule has 46 heavy (non-hydrogen) atoms. The van der Waals surface area contributed by atoms with Crippen molar-refractivity contribution in [3.05, 3.63) is 0 Å². The van der Waals surface area contributed by atoms with Crippen LogP contribution in [0.15, 0.2) is 0 Å². The molecule has 2 heterocycles. The molecule has 0 aromatic rings. The summed E-state index contributed by atoms with van der Waals surface area (Å²) in [5.74, 6) is -3.58. The first-order valence-corrected chi connectivity index (χ1v) is 17.1. The molecular weight excluding hydrogens is 590 g/mol. The van der Waals surface area contributed by atoms with Crippen molar-refractivity contribution in [1.29, 1.82) is 0 Å². The van der Waals surface area contributed by atoms with Crippen LogP contribution in [0.3, 0.4) is 0 Å². The molecule has 2 aliphatic heterocycles. The van der Waals surface area contributed by atoms with Gasteiger partial charge in [0.1, 0.15) is 23.7 Å². The minimum atomic E-state index is -1.11. The maximum atomic E-state index is 14.2. The zero-order valence-electron chi connectivity index (χ0n) is 29.3. The molecule has 5 atom stereocenters. The normalized spacial score (nSPS) is 25.1. The van der Waals surface area contributed by atoms with Crippen LogP contribution in [0.4, 0.5) is 4.79 Å². The van der Waals surface area contributed by atoms with Crippen molar-refractivity contribution < 1.29 is 33.5 Å². The molecule has 2 fully saturated rings. The lowest BCUT2D eigenvalue weighted by Crippen LogP contribution is -2.60. The summed E-state index contributed by atoms with van der Waals surface area (Å²) in [6, 6.07) is -4.55. The van der Waals surface area contributed by atoms with Crippen LogP contribution in [0.5, 0.6) is 0 Å². The summed E-state index contributed by atoms with van der Waals surface area (Å²) in [5.41, 5.74) is 3.90. The van der Waals surface area contributed by atoms with Crippen LogP contribution in [0.25, 0.3) is 0 Å². The molecule has 2 rings (SSSR count). The fraction of sp³-hybridized carbons (Fsp3) is 0.824. The molecule has 0 aromatic carbocycles. The first-order chi connectivity index (χ1) is 21.3. The van der Waals surface area contributed by atoms with Crippen LogP contribution in [0, 0.1) is 17.3 Å². The quantitative estimate of drug-likeness (QED) is 0.250. The molecule has 12 nitrogen and oxygen atoms in total. The standard InChI is InChI=1S/C34H59N5O7/c1-21(2)22-19-20-39-25(22)29(42)36-23(26(40)28(35)41)17-15-13-11-9-10-12-14-16-18-24(30(39)43)37-32(45)38-27(33(3,4)5)31(44)46-34(6,7)8/h21-25,27H,9-20H2,1-8H3,(H2,35,41)(H,36,42)(H2,37,38,45)/t22-,23+,24+,25?,27?/m1/s1. The second-order valence-corrected chi connectivity index (χ2v) is 15.4. The Kier molecular flexibility index (Phi) is 14.5. The maximum Gasteiger partial charge on any atom is 0.329 e. The van der Waals surface area contributed by atoms with Crippen molar-refractivity contribution in [2.24, 2.45) is 23.0 Å². The van der Waals surface area contributed by atoms with Gasteiger partial charge in [-0.15, -0.1) is 0 Å². The fourth-order valence-corrected chi connectivity index (χ4v) is 6.33. The van der Waals surface area contributed by atoms with E-state index in [9.17, 15) is 28.8 Å². The molecule has 2 aliphatic rings. The zero-order valence-corrected chi connectivity index (χ0v) is 29.3. The highest BCUT2D eigenvalue weighted by molar-refractivity contribution is 6.37. The molecule has 0 aromatic heterocycles. The van der Waals surface area contributed by atoms with Gasteiger partial charge in [0.25, 0.3) is 5.91 Å². The van der Waals surface area contributed by atoms with Crippen LogP contribution >= 0.6 is 0 Å². The van der Waals surface area contributed by atoms with Gasteiger partial charge in [0.2, 0.25) is 17.6 Å². The lowest BCUT2D eigenvalue weighted by molar-refractivity contribution is -0.160. The van der Waals surface area contributed by atoms with Crippen LogP contribution in [0.2, 0.25) is 0 Å². The average molecular weight is 650 g/mol. The lowest BCUT2D eigenvalue weighted by Gasteiger charge is -2.34. The molecule has 0 saturated carbocycles. The number of carbonyl (C=O) groups excluding carboxylic acids is 6. The average Bonchev–Trinajstić information content (AvgIpc) is 3.38. The molecule has 0 radical (unpaired) electrons. The van der Waals surface area contributed by atoms with Gasteiger partial charge in [-0.2, -0.15) is 0 Å². The number of amides is 5. The number of Topliss-reactive ketones (excluding diaryl/α,β-unsaturated/α-hetero) is 1. The van der Waals surface area contributed by atoms with Crippen molar-refractivity contribution in [2.75, 3.05) is 6.54 Å². The van der Waals surface area contributed by atoms with Crippen LogP contribution in [0.1, 0.15) is 126 Å². The predicted octanol–water partition coefficient (Wildman–Crippen LogP) is 3.74. The van der Waals surface area contributed by atoms with E-state index in [-0.39, 0.29) is 18.3 Å². The summed E-state index contributed by atoms with van der Waals surface area (Å²) >= 11 is 0. The number of carbonyl (C=O) groups is 6. The van der Waals surface area contributed by atoms with Gasteiger partial charge in [-0.1, -0.05) is 86.0 Å². The Bertz CT molecular complexity index is 1090. The third kappa shape index (κ3) is 11.9. The van der Waals surface area contributed by atoms with E-state index in [1.165, 1.54) is 4.90 Å². The van der Waals surface area contributed by atoms with Gasteiger partial charge in [-0.25, -0.2) is 9.59 Å². The number of nitrogens with zero attached hydrogens (tertiary/aromatic N) is 1. The number of nitrogens with two attached hydrogens (primary N) is 1. The number of ether oxygens (including phenoxy) is 1. The van der Waals surface area contributed by atoms with Gasteiger partial charge in [-0.3, -0.25) is 19.2 Å². The highest BCUT2D eigenvalue weighted by Gasteiger charge is 2.46. The predicted molar refractivity (Wildman–Crippen MR) is 175 cm³/mol. The van der Waals surface area contributed by atoms with Gasteiger partial charge < -0.3 is 31.3 Å². The van der Waals surface area contributed by atoms with Gasteiger partial charge in [0.15, 0.2) is 0 Å². The van der Waals surface area contributed by atoms with Crippen LogP contribution in [-0.2, 0) is 28.7 Å². The van der Waals surface area contributed by atoms with E-state index < -0.39 is 70.7 Å². The van der Waals surface area contributed by atoms with Crippen LogP contribution in [-0.4, -0.2) is 76.7 Å². The second-order valence-electron chi connectivity index (χ2n) is 15.4. The Morgan fingerprint density at radius 2 is 1.41 bits per heavy atom. The van der Waals surface area contributed by atoms with E-state index in [2.05, 4.69) is 16.0 Å². The van der Waals surface area contributed by atoms with E-state index in [0.29, 0.717) is 32.2 Å². The summed E-state index contributed by atoms with van der Waals surface area (Å²) in [7, 11) is 0. The van der Waals surface area contributed by atoms with Gasteiger partial charge in [0.05, 0.1) is 6.04 Å². The highest BCUT2D eigenvalue weighted by atomic mass is 16.6. The Morgan fingerprint density at radius 3 is 1.91 bits per heavy atom. The number of esters is 1. The number of hydrogen-bond acceptors (Lipinski definition) is 7. The zero-order chi connectivity index (χ0) is 34.8. The molecular formula is C34H59N5O7. The molecule has 2 saturated heterocycles. The number of ketones is 1. The summed E-state index contributed by atoms with van der Waals surface area (Å²) in [6.45, 7) is 15.0. The largest absolute Gasteiger partial charge is 0.458 e. The van der Waals surface area contributed by atoms with Gasteiger partial charge >= 0.3 is 12.0 Å². The molecule has 5 amide bonds. The highest BCUT2D eigenvalue weighted by Crippen LogP contribution is 2.32. The third-order valence-electron chi connectivity index (χ3n) is 8.85. The van der Waals surface area contributed by atoms with Crippen molar-refractivity contribution >= 4 is 35.5 Å². The Labute approximate surface area is 275 Å².